The van der Waals surface area contributed by atoms with Crippen molar-refractivity contribution in [3.05, 3.63) is 45.1 Å². The number of halogens is 2. The number of alkyl carbamates (subject to hydrolysis) is 2. The second kappa shape index (κ2) is 9.01. The van der Waals surface area contributed by atoms with Gasteiger partial charge in [0.25, 0.3) is 0 Å². The highest BCUT2D eigenvalue weighted by Crippen LogP contribution is 2.35. The summed E-state index contributed by atoms with van der Waals surface area (Å²) in [5.41, 5.74) is 3.95. The first kappa shape index (κ1) is 20.9. The van der Waals surface area contributed by atoms with E-state index in [0.29, 0.717) is 10.0 Å². The zero-order chi connectivity index (χ0) is 20.1. The van der Waals surface area contributed by atoms with Gasteiger partial charge < -0.3 is 24.7 Å². The SMILES string of the molecule is CNC(=O)OCc1c(COC(=O)NC)c(-c2ccc(Cl)c(Cl)c2)n(C)c1C. The van der Waals surface area contributed by atoms with Crippen LogP contribution in [0.5, 0.6) is 0 Å². The average molecular weight is 414 g/mol. The molecule has 1 heterocycles. The van der Waals surface area contributed by atoms with E-state index >= 15 is 0 Å². The molecule has 1 aromatic heterocycles. The lowest BCUT2D eigenvalue weighted by Gasteiger charge is -2.11. The zero-order valence-corrected chi connectivity index (χ0v) is 17.0. The molecule has 0 spiro atoms. The fourth-order valence-corrected chi connectivity index (χ4v) is 3.01. The number of hydrogen-bond donors (Lipinski definition) is 2. The van der Waals surface area contributed by atoms with Gasteiger partial charge in [0, 0.05) is 43.5 Å². The summed E-state index contributed by atoms with van der Waals surface area (Å²) in [6.07, 6.45) is -1.11. The van der Waals surface area contributed by atoms with E-state index in [1.165, 1.54) is 14.1 Å². The van der Waals surface area contributed by atoms with Crippen LogP contribution in [0, 0.1) is 6.92 Å². The molecule has 0 atom stereocenters. The van der Waals surface area contributed by atoms with Crippen molar-refractivity contribution < 1.29 is 19.1 Å². The maximum atomic E-state index is 11.6. The van der Waals surface area contributed by atoms with Crippen LogP contribution in [-0.4, -0.2) is 30.8 Å². The van der Waals surface area contributed by atoms with Crippen LogP contribution in [0.4, 0.5) is 9.59 Å². The highest BCUT2D eigenvalue weighted by molar-refractivity contribution is 6.42. The molecule has 9 heteroatoms. The van der Waals surface area contributed by atoms with E-state index in [1.807, 2.05) is 24.6 Å². The van der Waals surface area contributed by atoms with Crippen LogP contribution in [0.1, 0.15) is 16.8 Å². The van der Waals surface area contributed by atoms with Crippen molar-refractivity contribution in [2.24, 2.45) is 7.05 Å². The molecule has 2 aromatic rings. The largest absolute Gasteiger partial charge is 0.445 e. The number of ether oxygens (including phenoxy) is 2. The summed E-state index contributed by atoms with van der Waals surface area (Å²) in [6, 6.07) is 5.27. The Balaban J connectivity index is 2.53. The van der Waals surface area contributed by atoms with Crippen molar-refractivity contribution in [2.75, 3.05) is 14.1 Å². The van der Waals surface area contributed by atoms with Crippen molar-refractivity contribution in [3.63, 3.8) is 0 Å². The van der Waals surface area contributed by atoms with E-state index in [1.54, 1.807) is 12.1 Å². The van der Waals surface area contributed by atoms with Gasteiger partial charge in [-0.2, -0.15) is 0 Å². The second-order valence-corrected chi connectivity index (χ2v) is 6.55. The molecule has 2 rings (SSSR count). The van der Waals surface area contributed by atoms with Gasteiger partial charge in [-0.15, -0.1) is 0 Å². The molecule has 27 heavy (non-hydrogen) atoms. The van der Waals surface area contributed by atoms with Crippen LogP contribution in [0.25, 0.3) is 11.3 Å². The molecule has 0 saturated carbocycles. The number of rotatable bonds is 5. The first-order chi connectivity index (χ1) is 12.8. The Morgan fingerprint density at radius 3 is 2.07 bits per heavy atom. The molecule has 7 nitrogen and oxygen atoms in total. The molecular weight excluding hydrogens is 393 g/mol. The molecule has 0 fully saturated rings. The van der Waals surface area contributed by atoms with Crippen molar-refractivity contribution in [3.8, 4) is 11.3 Å². The van der Waals surface area contributed by atoms with Crippen LogP contribution in [0.15, 0.2) is 18.2 Å². The van der Waals surface area contributed by atoms with Gasteiger partial charge in [-0.05, 0) is 19.1 Å². The highest BCUT2D eigenvalue weighted by atomic mass is 35.5. The molecule has 0 aliphatic rings. The standard InChI is InChI=1S/C18H21Cl2N3O4/c1-10-12(8-26-17(24)21-2)13(9-27-18(25)22-3)16(23(10)4)11-5-6-14(19)15(20)7-11/h5-7H,8-9H2,1-4H3,(H,21,24)(H,22,25). The number of hydrogen-bond acceptors (Lipinski definition) is 4. The summed E-state index contributed by atoms with van der Waals surface area (Å²) in [5, 5.41) is 5.67. The number of benzene rings is 1. The fraction of sp³-hybridized carbons (Fsp3) is 0.333. The van der Waals surface area contributed by atoms with Gasteiger partial charge in [0.05, 0.1) is 15.7 Å². The minimum Gasteiger partial charge on any atom is -0.445 e. The molecule has 1 aromatic carbocycles. The Kier molecular flexibility index (Phi) is 6.98. The van der Waals surface area contributed by atoms with Crippen molar-refractivity contribution in [1.29, 1.82) is 0 Å². The normalized spacial score (nSPS) is 10.4. The van der Waals surface area contributed by atoms with Gasteiger partial charge in [-0.25, -0.2) is 9.59 Å². The van der Waals surface area contributed by atoms with E-state index in [2.05, 4.69) is 10.6 Å². The van der Waals surface area contributed by atoms with E-state index in [9.17, 15) is 9.59 Å². The van der Waals surface area contributed by atoms with Crippen LogP contribution in [0.2, 0.25) is 10.0 Å². The smallest absolute Gasteiger partial charge is 0.407 e. The van der Waals surface area contributed by atoms with Crippen LogP contribution in [-0.2, 0) is 29.7 Å². The summed E-state index contributed by atoms with van der Waals surface area (Å²) >= 11 is 12.2. The Morgan fingerprint density at radius 2 is 1.56 bits per heavy atom. The molecule has 0 saturated heterocycles. The van der Waals surface area contributed by atoms with Gasteiger partial charge in [-0.3, -0.25) is 0 Å². The lowest BCUT2D eigenvalue weighted by Crippen LogP contribution is -2.20. The molecule has 0 unspecified atom stereocenters. The maximum Gasteiger partial charge on any atom is 0.407 e. The molecular formula is C18H21Cl2N3O4. The fourth-order valence-electron chi connectivity index (χ4n) is 2.71. The minimum atomic E-state index is -0.560. The van der Waals surface area contributed by atoms with E-state index in [4.69, 9.17) is 32.7 Å². The number of nitrogens with zero attached hydrogens (tertiary/aromatic N) is 1. The molecule has 0 aliphatic carbocycles. The Morgan fingerprint density at radius 1 is 1.00 bits per heavy atom. The topological polar surface area (TPSA) is 81.6 Å². The molecule has 0 radical (unpaired) electrons. The molecule has 2 N–H and O–H groups in total. The third-order valence-corrected chi connectivity index (χ3v) is 4.96. The predicted molar refractivity (Wildman–Crippen MR) is 104 cm³/mol. The van der Waals surface area contributed by atoms with Gasteiger partial charge in [-0.1, -0.05) is 29.3 Å². The zero-order valence-electron chi connectivity index (χ0n) is 15.5. The second-order valence-electron chi connectivity index (χ2n) is 5.73. The molecule has 0 bridgehead atoms. The van der Waals surface area contributed by atoms with Gasteiger partial charge in [0.1, 0.15) is 13.2 Å². The lowest BCUT2D eigenvalue weighted by molar-refractivity contribution is 0.134. The van der Waals surface area contributed by atoms with Crippen LogP contribution >= 0.6 is 23.2 Å². The molecule has 2 amide bonds. The summed E-state index contributed by atoms with van der Waals surface area (Å²) in [4.78, 5) is 23.1. The van der Waals surface area contributed by atoms with Gasteiger partial charge in [0.15, 0.2) is 0 Å². The Hall–Kier alpha value is -2.38. The average Bonchev–Trinajstić information content (AvgIpc) is 2.90. The van der Waals surface area contributed by atoms with Crippen molar-refractivity contribution in [2.45, 2.75) is 20.1 Å². The van der Waals surface area contributed by atoms with Gasteiger partial charge in [0.2, 0.25) is 0 Å². The number of nitrogens with one attached hydrogen (secondary N) is 2. The monoisotopic (exact) mass is 413 g/mol. The maximum absolute atomic E-state index is 11.6. The summed E-state index contributed by atoms with van der Waals surface area (Å²) < 4.78 is 12.4. The third kappa shape index (κ3) is 4.67. The highest BCUT2D eigenvalue weighted by Gasteiger charge is 2.22. The van der Waals surface area contributed by atoms with E-state index in [0.717, 1.165) is 28.1 Å². The number of carbonyl (C=O) groups is 2. The quantitative estimate of drug-likeness (QED) is 0.775. The van der Waals surface area contributed by atoms with E-state index in [-0.39, 0.29) is 13.2 Å². The molecule has 146 valence electrons. The van der Waals surface area contributed by atoms with Crippen LogP contribution < -0.4 is 10.6 Å². The van der Waals surface area contributed by atoms with Crippen molar-refractivity contribution >= 4 is 35.4 Å². The number of amides is 2. The number of aromatic nitrogens is 1. The van der Waals surface area contributed by atoms with Gasteiger partial charge >= 0.3 is 12.2 Å². The first-order valence-corrected chi connectivity index (χ1v) is 8.87. The summed E-state index contributed by atoms with van der Waals surface area (Å²) in [7, 11) is 4.84. The van der Waals surface area contributed by atoms with E-state index < -0.39 is 12.2 Å². The molecule has 0 aliphatic heterocycles. The summed E-state index contributed by atoms with van der Waals surface area (Å²) in [6.45, 7) is 1.93. The minimum absolute atomic E-state index is 0.00334. The van der Waals surface area contributed by atoms with Crippen LogP contribution in [0.3, 0.4) is 0 Å². The Bertz CT molecular complexity index is 865. The third-order valence-electron chi connectivity index (χ3n) is 4.22. The Labute approximate surface area is 167 Å². The number of carbonyl (C=O) groups excluding carboxylic acids is 2. The van der Waals surface area contributed by atoms with Crippen molar-refractivity contribution in [1.82, 2.24) is 15.2 Å². The lowest BCUT2D eigenvalue weighted by atomic mass is 10.0. The summed E-state index contributed by atoms with van der Waals surface area (Å²) in [5.74, 6) is 0. The first-order valence-electron chi connectivity index (χ1n) is 8.11. The predicted octanol–water partition coefficient (Wildman–Crippen LogP) is 4.02.